The molecular weight excluding hydrogens is 271 g/mol. The van der Waals surface area contributed by atoms with Gasteiger partial charge in [-0.15, -0.1) is 0 Å². The number of carbonyl (C=O) groups excluding carboxylic acids is 1. The zero-order valence-corrected chi connectivity index (χ0v) is 12.8. The largest absolute Gasteiger partial charge is 0.390 e. The fourth-order valence-corrected chi connectivity index (χ4v) is 1.47. The second kappa shape index (κ2) is 9.05. The fourth-order valence-electron chi connectivity index (χ4n) is 1.47. The van der Waals surface area contributed by atoms with Gasteiger partial charge in [0, 0.05) is 26.2 Å². The van der Waals surface area contributed by atoms with Crippen molar-refractivity contribution in [1.82, 2.24) is 15.1 Å². The standard InChI is InChI=1S/C13H26F3N3O/c1-11(2)18(3)9-6-5-8-17-12(20)19(4)10-7-13(14,15)16/h11H,5-10H2,1-4H3,(H,17,20). The van der Waals surface area contributed by atoms with E-state index in [2.05, 4.69) is 24.1 Å². The zero-order chi connectivity index (χ0) is 15.8. The van der Waals surface area contributed by atoms with Crippen molar-refractivity contribution in [3.8, 4) is 0 Å². The third-order valence-electron chi connectivity index (χ3n) is 3.17. The molecule has 7 heteroatoms. The summed E-state index contributed by atoms with van der Waals surface area (Å²) in [5.74, 6) is 0. The van der Waals surface area contributed by atoms with E-state index in [1.807, 2.05) is 7.05 Å². The molecule has 0 saturated carbocycles. The Morgan fingerprint density at radius 1 is 1.15 bits per heavy atom. The van der Waals surface area contributed by atoms with Crippen molar-refractivity contribution in [2.24, 2.45) is 0 Å². The lowest BCUT2D eigenvalue weighted by Crippen LogP contribution is -2.39. The minimum atomic E-state index is -4.23. The van der Waals surface area contributed by atoms with Gasteiger partial charge in [0.05, 0.1) is 6.42 Å². The number of hydrogen-bond donors (Lipinski definition) is 1. The van der Waals surface area contributed by atoms with Gasteiger partial charge in [0.2, 0.25) is 0 Å². The maximum atomic E-state index is 12.0. The molecule has 0 aliphatic carbocycles. The number of nitrogens with one attached hydrogen (secondary N) is 1. The molecule has 20 heavy (non-hydrogen) atoms. The second-order valence-electron chi connectivity index (χ2n) is 5.30. The Labute approximate surface area is 119 Å². The first-order valence-corrected chi connectivity index (χ1v) is 6.89. The number of unbranched alkanes of at least 4 members (excludes halogenated alkanes) is 1. The smallest absolute Gasteiger partial charge is 0.338 e. The van der Waals surface area contributed by atoms with E-state index < -0.39 is 18.6 Å². The Bertz CT molecular complexity index is 283. The van der Waals surface area contributed by atoms with Crippen molar-refractivity contribution in [2.45, 2.75) is 45.3 Å². The molecular formula is C13H26F3N3O. The summed E-state index contributed by atoms with van der Waals surface area (Å²) in [7, 11) is 3.40. The van der Waals surface area contributed by atoms with Crippen LogP contribution < -0.4 is 5.32 Å². The predicted octanol–water partition coefficient (Wildman–Crippen LogP) is 2.70. The van der Waals surface area contributed by atoms with E-state index >= 15 is 0 Å². The lowest BCUT2D eigenvalue weighted by molar-refractivity contribution is -0.136. The first kappa shape index (κ1) is 19.0. The highest BCUT2D eigenvalue weighted by Crippen LogP contribution is 2.19. The summed E-state index contributed by atoms with van der Waals surface area (Å²) in [6, 6.07) is 0.0320. The number of halogens is 3. The minimum absolute atomic E-state index is 0.314. The van der Waals surface area contributed by atoms with Crippen LogP contribution in [0.5, 0.6) is 0 Å². The highest BCUT2D eigenvalue weighted by atomic mass is 19.4. The molecule has 0 radical (unpaired) electrons. The fraction of sp³-hybridized carbons (Fsp3) is 0.923. The Balaban J connectivity index is 3.67. The lowest BCUT2D eigenvalue weighted by Gasteiger charge is -2.21. The molecule has 0 bridgehead atoms. The van der Waals surface area contributed by atoms with Gasteiger partial charge in [-0.3, -0.25) is 0 Å². The van der Waals surface area contributed by atoms with Crippen LogP contribution in [0.3, 0.4) is 0 Å². The summed E-state index contributed by atoms with van der Waals surface area (Å²) in [4.78, 5) is 14.8. The highest BCUT2D eigenvalue weighted by molar-refractivity contribution is 5.73. The molecule has 2 amide bonds. The van der Waals surface area contributed by atoms with Crippen LogP contribution >= 0.6 is 0 Å². The number of amides is 2. The van der Waals surface area contributed by atoms with E-state index in [4.69, 9.17) is 0 Å². The van der Waals surface area contributed by atoms with E-state index in [-0.39, 0.29) is 6.54 Å². The normalized spacial score (nSPS) is 12.1. The lowest BCUT2D eigenvalue weighted by atomic mass is 10.2. The predicted molar refractivity (Wildman–Crippen MR) is 73.7 cm³/mol. The third-order valence-corrected chi connectivity index (χ3v) is 3.17. The monoisotopic (exact) mass is 297 g/mol. The van der Waals surface area contributed by atoms with Gasteiger partial charge in [-0.1, -0.05) is 0 Å². The summed E-state index contributed by atoms with van der Waals surface area (Å²) in [5, 5.41) is 2.62. The van der Waals surface area contributed by atoms with Crippen molar-refractivity contribution in [1.29, 1.82) is 0 Å². The summed E-state index contributed by atoms with van der Waals surface area (Å²) in [6.45, 7) is 5.33. The van der Waals surface area contributed by atoms with Gasteiger partial charge in [-0.2, -0.15) is 13.2 Å². The van der Waals surface area contributed by atoms with Crippen LogP contribution in [-0.2, 0) is 0 Å². The zero-order valence-electron chi connectivity index (χ0n) is 12.8. The molecule has 0 aliphatic heterocycles. The maximum absolute atomic E-state index is 12.0. The number of rotatable bonds is 8. The van der Waals surface area contributed by atoms with Crippen molar-refractivity contribution >= 4 is 6.03 Å². The van der Waals surface area contributed by atoms with Gasteiger partial charge in [0.25, 0.3) is 0 Å². The summed E-state index contributed by atoms with van der Waals surface area (Å²) >= 11 is 0. The molecule has 0 atom stereocenters. The quantitative estimate of drug-likeness (QED) is 0.699. The average Bonchev–Trinajstić information content (AvgIpc) is 2.33. The van der Waals surface area contributed by atoms with E-state index in [0.29, 0.717) is 12.6 Å². The molecule has 4 nitrogen and oxygen atoms in total. The molecule has 120 valence electrons. The van der Waals surface area contributed by atoms with Crippen LogP contribution in [-0.4, -0.2) is 61.8 Å². The van der Waals surface area contributed by atoms with Crippen molar-refractivity contribution in [3.05, 3.63) is 0 Å². The minimum Gasteiger partial charge on any atom is -0.338 e. The van der Waals surface area contributed by atoms with Crippen LogP contribution in [0, 0.1) is 0 Å². The second-order valence-corrected chi connectivity index (χ2v) is 5.30. The topological polar surface area (TPSA) is 35.6 Å². The molecule has 1 N–H and O–H groups in total. The van der Waals surface area contributed by atoms with Crippen LogP contribution in [0.4, 0.5) is 18.0 Å². The molecule has 0 saturated heterocycles. The Hall–Kier alpha value is -0.980. The number of alkyl halides is 3. The van der Waals surface area contributed by atoms with Gasteiger partial charge < -0.3 is 15.1 Å². The van der Waals surface area contributed by atoms with E-state index in [1.54, 1.807) is 0 Å². The first-order valence-electron chi connectivity index (χ1n) is 6.89. The first-order chi connectivity index (χ1) is 9.13. The molecule has 0 aromatic heterocycles. The van der Waals surface area contributed by atoms with Gasteiger partial charge in [-0.05, 0) is 40.3 Å². The molecule has 0 aromatic rings. The summed E-state index contributed by atoms with van der Waals surface area (Å²) < 4.78 is 36.0. The Morgan fingerprint density at radius 2 is 1.75 bits per heavy atom. The van der Waals surface area contributed by atoms with Gasteiger partial charge in [0.1, 0.15) is 0 Å². The van der Waals surface area contributed by atoms with Gasteiger partial charge in [0.15, 0.2) is 0 Å². The van der Waals surface area contributed by atoms with E-state index in [9.17, 15) is 18.0 Å². The third kappa shape index (κ3) is 9.89. The summed E-state index contributed by atoms with van der Waals surface area (Å²) in [6.07, 6.45) is -3.44. The van der Waals surface area contributed by atoms with Gasteiger partial charge in [-0.25, -0.2) is 4.79 Å². The molecule has 0 spiro atoms. The molecule has 0 aliphatic rings. The van der Waals surface area contributed by atoms with Crippen LogP contribution in [0.25, 0.3) is 0 Å². The van der Waals surface area contributed by atoms with E-state index in [0.717, 1.165) is 24.3 Å². The highest BCUT2D eigenvalue weighted by Gasteiger charge is 2.27. The average molecular weight is 297 g/mol. The summed E-state index contributed by atoms with van der Waals surface area (Å²) in [5.41, 5.74) is 0. The number of carbonyl (C=O) groups is 1. The number of urea groups is 1. The Morgan fingerprint density at radius 3 is 2.25 bits per heavy atom. The van der Waals surface area contributed by atoms with Crippen LogP contribution in [0.15, 0.2) is 0 Å². The molecule has 0 unspecified atom stereocenters. The van der Waals surface area contributed by atoms with Crippen LogP contribution in [0.1, 0.15) is 33.1 Å². The van der Waals surface area contributed by atoms with Gasteiger partial charge >= 0.3 is 12.2 Å². The maximum Gasteiger partial charge on any atom is 0.390 e. The molecule has 0 fully saturated rings. The van der Waals surface area contributed by atoms with Crippen molar-refractivity contribution in [3.63, 3.8) is 0 Å². The molecule has 0 rings (SSSR count). The molecule has 0 heterocycles. The van der Waals surface area contributed by atoms with E-state index in [1.165, 1.54) is 7.05 Å². The Kier molecular flexibility index (Phi) is 8.60. The number of nitrogens with zero attached hydrogens (tertiary/aromatic N) is 2. The van der Waals surface area contributed by atoms with Crippen molar-refractivity contribution < 1.29 is 18.0 Å². The van der Waals surface area contributed by atoms with Crippen molar-refractivity contribution in [2.75, 3.05) is 33.7 Å². The molecule has 0 aromatic carbocycles. The SMILES string of the molecule is CC(C)N(C)CCCCNC(=O)N(C)CCC(F)(F)F. The number of hydrogen-bond acceptors (Lipinski definition) is 2. The van der Waals surface area contributed by atoms with Crippen LogP contribution in [0.2, 0.25) is 0 Å².